The Kier molecular flexibility index (Phi) is 6.35. The first-order valence-corrected chi connectivity index (χ1v) is 7.37. The zero-order valence-electron chi connectivity index (χ0n) is 13.9. The first-order valence-electron chi connectivity index (χ1n) is 7.37. The minimum absolute atomic E-state index is 0.250. The molecule has 0 amide bonds. The number of nitrogens with one attached hydrogen (secondary N) is 1. The van der Waals surface area contributed by atoms with Gasteiger partial charge in [0.15, 0.2) is 0 Å². The molecular weight excluding hydrogens is 222 g/mol. The van der Waals surface area contributed by atoms with Crippen molar-refractivity contribution in [1.82, 2.24) is 5.32 Å². The molecule has 2 atom stereocenters. The van der Waals surface area contributed by atoms with Crippen molar-refractivity contribution in [2.45, 2.75) is 79.9 Å². The maximum atomic E-state index is 10.1. The van der Waals surface area contributed by atoms with Crippen LogP contribution in [-0.2, 0) is 0 Å². The molecular formula is C16H35NO. The fraction of sp³-hybridized carbons (Fsp3) is 1.00. The highest BCUT2D eigenvalue weighted by Gasteiger charge is 2.35. The second kappa shape index (κ2) is 6.38. The number of hydrogen-bond donors (Lipinski definition) is 2. The molecule has 0 saturated heterocycles. The molecule has 2 nitrogen and oxygen atoms in total. The number of rotatable bonds is 8. The van der Waals surface area contributed by atoms with Crippen molar-refractivity contribution < 1.29 is 5.11 Å². The molecule has 2 unspecified atom stereocenters. The van der Waals surface area contributed by atoms with Gasteiger partial charge < -0.3 is 5.11 Å². The number of hydrogen-bond acceptors (Lipinski definition) is 2. The normalized spacial score (nSPS) is 18.5. The molecule has 0 aliphatic rings. The van der Waals surface area contributed by atoms with E-state index < -0.39 is 5.72 Å². The zero-order chi connectivity index (χ0) is 14.6. The van der Waals surface area contributed by atoms with Crippen LogP contribution in [0.25, 0.3) is 0 Å². The second-order valence-electron chi connectivity index (χ2n) is 7.71. The van der Waals surface area contributed by atoms with E-state index in [4.69, 9.17) is 0 Å². The molecule has 0 rings (SSSR count). The Labute approximate surface area is 115 Å². The van der Waals surface area contributed by atoms with Crippen LogP contribution in [0.1, 0.15) is 74.1 Å². The highest BCUT2D eigenvalue weighted by atomic mass is 16.3. The lowest BCUT2D eigenvalue weighted by atomic mass is 9.66. The van der Waals surface area contributed by atoms with E-state index in [9.17, 15) is 5.11 Å². The lowest BCUT2D eigenvalue weighted by Gasteiger charge is -2.41. The lowest BCUT2D eigenvalue weighted by Crippen LogP contribution is -2.43. The molecule has 0 spiro atoms. The van der Waals surface area contributed by atoms with Crippen molar-refractivity contribution in [1.29, 1.82) is 0 Å². The van der Waals surface area contributed by atoms with Crippen LogP contribution >= 0.6 is 0 Å². The van der Waals surface area contributed by atoms with E-state index in [1.807, 2.05) is 14.0 Å². The summed E-state index contributed by atoms with van der Waals surface area (Å²) in [5.41, 5.74) is -0.122. The van der Waals surface area contributed by atoms with E-state index in [0.29, 0.717) is 11.3 Å². The minimum Gasteiger partial charge on any atom is -0.376 e. The van der Waals surface area contributed by atoms with Gasteiger partial charge in [-0.05, 0) is 50.0 Å². The molecule has 18 heavy (non-hydrogen) atoms. The van der Waals surface area contributed by atoms with Crippen LogP contribution in [0, 0.1) is 16.7 Å². The smallest absolute Gasteiger partial charge is 0.113 e. The van der Waals surface area contributed by atoms with Crippen molar-refractivity contribution in [3.05, 3.63) is 0 Å². The van der Waals surface area contributed by atoms with Crippen molar-refractivity contribution in [2.24, 2.45) is 16.7 Å². The van der Waals surface area contributed by atoms with E-state index in [-0.39, 0.29) is 5.41 Å². The van der Waals surface area contributed by atoms with Gasteiger partial charge in [0, 0.05) is 0 Å². The van der Waals surface area contributed by atoms with Crippen LogP contribution in [0.4, 0.5) is 0 Å². The first-order chi connectivity index (χ1) is 7.96. The van der Waals surface area contributed by atoms with Crippen LogP contribution in [-0.4, -0.2) is 17.9 Å². The maximum Gasteiger partial charge on any atom is 0.113 e. The van der Waals surface area contributed by atoms with Gasteiger partial charge in [0.1, 0.15) is 5.72 Å². The Balaban J connectivity index is 4.62. The molecule has 0 aromatic carbocycles. The third-order valence-electron chi connectivity index (χ3n) is 4.44. The van der Waals surface area contributed by atoms with Gasteiger partial charge in [0.25, 0.3) is 0 Å². The van der Waals surface area contributed by atoms with Gasteiger partial charge in [-0.25, -0.2) is 0 Å². The highest BCUT2D eigenvalue weighted by Crippen LogP contribution is 2.43. The van der Waals surface area contributed by atoms with Gasteiger partial charge in [-0.3, -0.25) is 5.32 Å². The molecule has 0 bridgehead atoms. The summed E-state index contributed by atoms with van der Waals surface area (Å²) in [4.78, 5) is 0. The van der Waals surface area contributed by atoms with Crippen LogP contribution in [0.15, 0.2) is 0 Å². The molecule has 0 heterocycles. The summed E-state index contributed by atoms with van der Waals surface area (Å²) in [5.74, 6) is 0.482. The van der Waals surface area contributed by atoms with E-state index in [0.717, 1.165) is 6.42 Å². The van der Waals surface area contributed by atoms with Crippen LogP contribution in [0.2, 0.25) is 0 Å². The minimum atomic E-state index is -0.758. The Morgan fingerprint density at radius 1 is 1.11 bits per heavy atom. The van der Waals surface area contributed by atoms with Crippen molar-refractivity contribution in [3.63, 3.8) is 0 Å². The topological polar surface area (TPSA) is 32.3 Å². The Morgan fingerprint density at radius 2 is 1.61 bits per heavy atom. The molecule has 0 aliphatic heterocycles. The largest absolute Gasteiger partial charge is 0.376 e. The molecule has 0 aromatic rings. The van der Waals surface area contributed by atoms with Crippen molar-refractivity contribution in [3.8, 4) is 0 Å². The van der Waals surface area contributed by atoms with Gasteiger partial charge in [-0.2, -0.15) is 0 Å². The standard InChI is InChI=1S/C16H35NO/c1-9-10-14(3,4)12-15(5,6)13(2)11-16(7,18)17-8/h13,17-18H,9-12H2,1-8H3. The Hall–Kier alpha value is -0.0800. The quantitative estimate of drug-likeness (QED) is 0.639. The van der Waals surface area contributed by atoms with Crippen LogP contribution < -0.4 is 5.32 Å². The summed E-state index contributed by atoms with van der Waals surface area (Å²) in [6, 6.07) is 0. The highest BCUT2D eigenvalue weighted by molar-refractivity contribution is 4.85. The van der Waals surface area contributed by atoms with Crippen LogP contribution in [0.3, 0.4) is 0 Å². The molecule has 0 saturated carbocycles. The first kappa shape index (κ1) is 17.9. The fourth-order valence-electron chi connectivity index (χ4n) is 3.15. The SMILES string of the molecule is CCCC(C)(C)CC(C)(C)C(C)CC(C)(O)NC. The van der Waals surface area contributed by atoms with Crippen molar-refractivity contribution in [2.75, 3.05) is 7.05 Å². The molecule has 0 fully saturated rings. The second-order valence-corrected chi connectivity index (χ2v) is 7.71. The third kappa shape index (κ3) is 6.19. The van der Waals surface area contributed by atoms with Gasteiger partial charge in [0.2, 0.25) is 0 Å². The fourth-order valence-corrected chi connectivity index (χ4v) is 3.15. The third-order valence-corrected chi connectivity index (χ3v) is 4.44. The maximum absolute atomic E-state index is 10.1. The molecule has 2 N–H and O–H groups in total. The van der Waals surface area contributed by atoms with Gasteiger partial charge in [-0.15, -0.1) is 0 Å². The van der Waals surface area contributed by atoms with Gasteiger partial charge in [0.05, 0.1) is 0 Å². The van der Waals surface area contributed by atoms with E-state index in [2.05, 4.69) is 46.9 Å². The van der Waals surface area contributed by atoms with E-state index >= 15 is 0 Å². The molecule has 0 radical (unpaired) electrons. The summed E-state index contributed by atoms with van der Waals surface area (Å²) in [5, 5.41) is 13.1. The molecule has 110 valence electrons. The van der Waals surface area contributed by atoms with E-state index in [1.54, 1.807) is 0 Å². The van der Waals surface area contributed by atoms with Gasteiger partial charge in [-0.1, -0.05) is 48.0 Å². The number of aliphatic hydroxyl groups is 1. The van der Waals surface area contributed by atoms with Gasteiger partial charge >= 0.3 is 0 Å². The summed E-state index contributed by atoms with van der Waals surface area (Å²) < 4.78 is 0. The zero-order valence-corrected chi connectivity index (χ0v) is 13.9. The average Bonchev–Trinajstić information content (AvgIpc) is 2.15. The lowest BCUT2D eigenvalue weighted by molar-refractivity contribution is -0.0167. The van der Waals surface area contributed by atoms with E-state index in [1.165, 1.54) is 19.3 Å². The molecule has 0 aliphatic carbocycles. The monoisotopic (exact) mass is 257 g/mol. The Morgan fingerprint density at radius 3 is 2.00 bits per heavy atom. The summed E-state index contributed by atoms with van der Waals surface area (Å²) in [7, 11) is 1.82. The summed E-state index contributed by atoms with van der Waals surface area (Å²) in [6.07, 6.45) is 4.50. The van der Waals surface area contributed by atoms with Crippen molar-refractivity contribution >= 4 is 0 Å². The Bertz CT molecular complexity index is 243. The molecule has 0 aromatic heterocycles. The summed E-state index contributed by atoms with van der Waals surface area (Å²) >= 11 is 0. The van der Waals surface area contributed by atoms with Crippen LogP contribution in [0.5, 0.6) is 0 Å². The average molecular weight is 257 g/mol. The predicted octanol–water partition coefficient (Wildman–Crippen LogP) is 4.18. The summed E-state index contributed by atoms with van der Waals surface area (Å²) in [6.45, 7) is 15.8. The predicted molar refractivity (Wildman–Crippen MR) is 80.6 cm³/mol. The molecule has 2 heteroatoms.